The lowest BCUT2D eigenvalue weighted by Crippen LogP contribution is -2.54. The SMILES string of the molecule is O=C1NC(=O)N(c2ccc3c(c2)OCO3)C(=O)/C1=C\c1ccc(O)c(Cl)c1. The van der Waals surface area contributed by atoms with Gasteiger partial charge in [0.25, 0.3) is 11.8 Å². The molecule has 136 valence electrons. The lowest BCUT2D eigenvalue weighted by Gasteiger charge is -2.26. The number of anilines is 1. The minimum atomic E-state index is -0.871. The van der Waals surface area contributed by atoms with E-state index in [9.17, 15) is 19.5 Å². The topological polar surface area (TPSA) is 105 Å². The van der Waals surface area contributed by atoms with E-state index in [-0.39, 0.29) is 28.8 Å². The highest BCUT2D eigenvalue weighted by Gasteiger charge is 2.37. The first-order valence-corrected chi connectivity index (χ1v) is 8.11. The number of urea groups is 1. The van der Waals surface area contributed by atoms with Crippen molar-refractivity contribution in [3.8, 4) is 17.2 Å². The Bertz CT molecular complexity index is 1030. The number of benzene rings is 2. The van der Waals surface area contributed by atoms with Gasteiger partial charge in [-0.3, -0.25) is 14.9 Å². The highest BCUT2D eigenvalue weighted by Crippen LogP contribution is 2.36. The molecule has 2 aliphatic rings. The summed E-state index contributed by atoms with van der Waals surface area (Å²) in [6.07, 6.45) is 1.29. The molecule has 9 heteroatoms. The lowest BCUT2D eigenvalue weighted by molar-refractivity contribution is -0.122. The molecule has 0 atom stereocenters. The maximum atomic E-state index is 12.8. The van der Waals surface area contributed by atoms with Crippen molar-refractivity contribution in [1.82, 2.24) is 5.32 Å². The Labute approximate surface area is 157 Å². The summed E-state index contributed by atoms with van der Waals surface area (Å²) in [6, 6.07) is 7.89. The molecule has 2 N–H and O–H groups in total. The Balaban J connectivity index is 1.72. The number of nitrogens with zero attached hydrogens (tertiary/aromatic N) is 1. The zero-order chi connectivity index (χ0) is 19.1. The molecule has 1 saturated heterocycles. The number of phenols is 1. The van der Waals surface area contributed by atoms with E-state index in [1.54, 1.807) is 6.07 Å². The van der Waals surface area contributed by atoms with Gasteiger partial charge in [-0.15, -0.1) is 0 Å². The molecule has 8 nitrogen and oxygen atoms in total. The van der Waals surface area contributed by atoms with Crippen LogP contribution < -0.4 is 19.7 Å². The third kappa shape index (κ3) is 2.96. The predicted octanol–water partition coefficient (Wildman–Crippen LogP) is 2.44. The molecule has 4 rings (SSSR count). The molecular weight excluding hydrogens is 376 g/mol. The number of carbonyl (C=O) groups is 3. The standard InChI is InChI=1S/C18H11ClN2O6/c19-12-6-9(1-3-13(12)22)5-11-16(23)20-18(25)21(17(11)24)10-2-4-14-15(7-10)27-8-26-14/h1-7,22H,8H2,(H,20,23,25)/b11-5-. The Morgan fingerprint density at radius 1 is 1.07 bits per heavy atom. The number of imide groups is 2. The zero-order valence-electron chi connectivity index (χ0n) is 13.6. The van der Waals surface area contributed by atoms with E-state index in [0.29, 0.717) is 17.1 Å². The Kier molecular flexibility index (Phi) is 3.97. The van der Waals surface area contributed by atoms with Gasteiger partial charge in [0, 0.05) is 6.07 Å². The van der Waals surface area contributed by atoms with Gasteiger partial charge < -0.3 is 14.6 Å². The van der Waals surface area contributed by atoms with Gasteiger partial charge in [-0.1, -0.05) is 17.7 Å². The average Bonchev–Trinajstić information content (AvgIpc) is 3.09. The van der Waals surface area contributed by atoms with Crippen LogP contribution >= 0.6 is 11.6 Å². The van der Waals surface area contributed by atoms with Crippen LogP contribution in [-0.2, 0) is 9.59 Å². The van der Waals surface area contributed by atoms with Crippen molar-refractivity contribution < 1.29 is 29.0 Å². The van der Waals surface area contributed by atoms with Crippen molar-refractivity contribution in [2.45, 2.75) is 0 Å². The van der Waals surface area contributed by atoms with Crippen LogP contribution in [0.5, 0.6) is 17.2 Å². The van der Waals surface area contributed by atoms with E-state index in [2.05, 4.69) is 5.32 Å². The summed E-state index contributed by atoms with van der Waals surface area (Å²) >= 11 is 5.85. The summed E-state index contributed by atoms with van der Waals surface area (Å²) in [5, 5.41) is 11.7. The first kappa shape index (κ1) is 16.9. The van der Waals surface area contributed by atoms with Crippen molar-refractivity contribution in [2.75, 3.05) is 11.7 Å². The monoisotopic (exact) mass is 386 g/mol. The average molecular weight is 387 g/mol. The number of aromatic hydroxyl groups is 1. The fourth-order valence-electron chi connectivity index (χ4n) is 2.70. The van der Waals surface area contributed by atoms with E-state index in [1.807, 2.05) is 0 Å². The van der Waals surface area contributed by atoms with E-state index in [4.69, 9.17) is 21.1 Å². The lowest BCUT2D eigenvalue weighted by atomic mass is 10.1. The van der Waals surface area contributed by atoms with Crippen LogP contribution in [0.2, 0.25) is 5.02 Å². The molecule has 2 heterocycles. The summed E-state index contributed by atoms with van der Waals surface area (Å²) in [6.45, 7) is 0.0458. The molecule has 0 radical (unpaired) electrons. The van der Waals surface area contributed by atoms with Gasteiger partial charge in [0.15, 0.2) is 11.5 Å². The molecule has 2 aliphatic heterocycles. The van der Waals surface area contributed by atoms with E-state index < -0.39 is 17.8 Å². The van der Waals surface area contributed by atoms with E-state index >= 15 is 0 Å². The Morgan fingerprint density at radius 3 is 2.63 bits per heavy atom. The number of carbonyl (C=O) groups excluding carboxylic acids is 3. The van der Waals surface area contributed by atoms with Crippen molar-refractivity contribution >= 4 is 41.2 Å². The second kappa shape index (κ2) is 6.33. The number of rotatable bonds is 2. The largest absolute Gasteiger partial charge is 0.506 e. The Morgan fingerprint density at radius 2 is 1.85 bits per heavy atom. The maximum absolute atomic E-state index is 12.8. The number of halogens is 1. The molecule has 0 saturated carbocycles. The molecule has 1 fully saturated rings. The van der Waals surface area contributed by atoms with Crippen molar-refractivity contribution in [2.24, 2.45) is 0 Å². The molecule has 4 amide bonds. The molecule has 2 aromatic rings. The highest BCUT2D eigenvalue weighted by atomic mass is 35.5. The fraction of sp³-hybridized carbons (Fsp3) is 0.0556. The van der Waals surface area contributed by atoms with Crippen LogP contribution in [0.1, 0.15) is 5.56 Å². The summed E-state index contributed by atoms with van der Waals surface area (Å²) in [4.78, 5) is 38.0. The van der Waals surface area contributed by atoms with Gasteiger partial charge in [0.05, 0.1) is 10.7 Å². The third-order valence-electron chi connectivity index (χ3n) is 4.00. The summed E-state index contributed by atoms with van der Waals surface area (Å²) in [5.41, 5.74) is 0.384. The summed E-state index contributed by atoms with van der Waals surface area (Å²) in [5.74, 6) is -0.872. The molecule has 0 aromatic heterocycles. The minimum Gasteiger partial charge on any atom is -0.506 e. The molecule has 0 aliphatic carbocycles. The zero-order valence-corrected chi connectivity index (χ0v) is 14.3. The second-order valence-electron chi connectivity index (χ2n) is 5.71. The smallest absolute Gasteiger partial charge is 0.335 e. The normalized spacial score (nSPS) is 17.4. The molecule has 2 aromatic carbocycles. The van der Waals surface area contributed by atoms with Gasteiger partial charge in [0.2, 0.25) is 6.79 Å². The first-order chi connectivity index (χ1) is 12.9. The Hall–Kier alpha value is -3.52. The minimum absolute atomic E-state index is 0.0458. The number of hydrogen-bond donors (Lipinski definition) is 2. The number of hydrogen-bond acceptors (Lipinski definition) is 6. The van der Waals surface area contributed by atoms with Gasteiger partial charge in [-0.2, -0.15) is 0 Å². The molecule has 27 heavy (non-hydrogen) atoms. The molecular formula is C18H11ClN2O6. The van der Waals surface area contributed by atoms with Crippen molar-refractivity contribution in [3.63, 3.8) is 0 Å². The fourth-order valence-corrected chi connectivity index (χ4v) is 2.88. The number of nitrogens with one attached hydrogen (secondary N) is 1. The van der Waals surface area contributed by atoms with Gasteiger partial charge in [-0.25, -0.2) is 9.69 Å². The number of amides is 4. The van der Waals surface area contributed by atoms with E-state index in [1.165, 1.54) is 36.4 Å². The predicted molar refractivity (Wildman–Crippen MR) is 94.7 cm³/mol. The summed E-state index contributed by atoms with van der Waals surface area (Å²) in [7, 11) is 0. The van der Waals surface area contributed by atoms with Crippen molar-refractivity contribution in [1.29, 1.82) is 0 Å². The molecule has 0 unspecified atom stereocenters. The number of ether oxygens (including phenoxy) is 2. The van der Waals surface area contributed by atoms with Gasteiger partial charge in [0.1, 0.15) is 11.3 Å². The number of phenolic OH excluding ortho intramolecular Hbond substituents is 1. The van der Waals surface area contributed by atoms with Crippen LogP contribution in [-0.4, -0.2) is 29.7 Å². The molecule has 0 spiro atoms. The number of fused-ring (bicyclic) bond motifs is 1. The van der Waals surface area contributed by atoms with Crippen LogP contribution in [0.15, 0.2) is 42.0 Å². The van der Waals surface area contributed by atoms with Crippen LogP contribution in [0.25, 0.3) is 6.08 Å². The maximum Gasteiger partial charge on any atom is 0.335 e. The highest BCUT2D eigenvalue weighted by molar-refractivity contribution is 6.39. The van der Waals surface area contributed by atoms with Crippen LogP contribution in [0.3, 0.4) is 0 Å². The van der Waals surface area contributed by atoms with Gasteiger partial charge >= 0.3 is 6.03 Å². The quantitative estimate of drug-likeness (QED) is 0.606. The van der Waals surface area contributed by atoms with E-state index in [0.717, 1.165) is 4.90 Å². The number of barbiturate groups is 1. The third-order valence-corrected chi connectivity index (χ3v) is 4.30. The summed E-state index contributed by atoms with van der Waals surface area (Å²) < 4.78 is 10.5. The van der Waals surface area contributed by atoms with Crippen LogP contribution in [0.4, 0.5) is 10.5 Å². The van der Waals surface area contributed by atoms with Gasteiger partial charge in [-0.05, 0) is 35.9 Å². The second-order valence-corrected chi connectivity index (χ2v) is 6.11. The van der Waals surface area contributed by atoms with Crippen LogP contribution in [0, 0.1) is 0 Å². The molecule has 0 bridgehead atoms. The first-order valence-electron chi connectivity index (χ1n) is 7.73. The van der Waals surface area contributed by atoms with Crippen molar-refractivity contribution in [3.05, 3.63) is 52.6 Å².